The third kappa shape index (κ3) is 4.49. The maximum absolute atomic E-state index is 12.4. The van der Waals surface area contributed by atoms with Gasteiger partial charge in [0.15, 0.2) is 0 Å². The van der Waals surface area contributed by atoms with Crippen LogP contribution in [0.25, 0.3) is 6.08 Å². The molecule has 0 aliphatic rings. The van der Waals surface area contributed by atoms with Crippen LogP contribution in [0.1, 0.15) is 11.1 Å². The lowest BCUT2D eigenvalue weighted by atomic mass is 10.1. The SMILES string of the molecule is CSCCN(C(=O)/C=C/c1ccc(C)cc1)c1ccn[nH]1. The normalized spacial score (nSPS) is 11.0. The van der Waals surface area contributed by atoms with Gasteiger partial charge in [0, 0.05) is 24.4 Å². The minimum Gasteiger partial charge on any atom is -0.293 e. The zero-order chi connectivity index (χ0) is 15.1. The van der Waals surface area contributed by atoms with E-state index < -0.39 is 0 Å². The van der Waals surface area contributed by atoms with Crippen molar-refractivity contribution in [1.29, 1.82) is 0 Å². The summed E-state index contributed by atoms with van der Waals surface area (Å²) in [6, 6.07) is 9.87. The number of hydrogen-bond donors (Lipinski definition) is 1. The summed E-state index contributed by atoms with van der Waals surface area (Å²) in [5.41, 5.74) is 2.22. The van der Waals surface area contributed by atoms with Crippen molar-refractivity contribution in [3.8, 4) is 0 Å². The molecule has 0 bridgehead atoms. The first-order chi connectivity index (χ1) is 10.2. The van der Waals surface area contributed by atoms with E-state index in [9.17, 15) is 4.79 Å². The Hall–Kier alpha value is -2.01. The van der Waals surface area contributed by atoms with Crippen LogP contribution in [-0.4, -0.2) is 34.7 Å². The average Bonchev–Trinajstić information content (AvgIpc) is 3.01. The predicted molar refractivity (Wildman–Crippen MR) is 89.5 cm³/mol. The lowest BCUT2D eigenvalue weighted by Gasteiger charge is -2.18. The van der Waals surface area contributed by atoms with Crippen molar-refractivity contribution in [3.63, 3.8) is 0 Å². The van der Waals surface area contributed by atoms with Crippen LogP contribution in [0.15, 0.2) is 42.6 Å². The topological polar surface area (TPSA) is 49.0 Å². The second-order valence-corrected chi connectivity index (χ2v) is 5.65. The fraction of sp³-hybridized carbons (Fsp3) is 0.250. The lowest BCUT2D eigenvalue weighted by molar-refractivity contribution is -0.114. The predicted octanol–water partition coefficient (Wildman–Crippen LogP) is 3.13. The number of carbonyl (C=O) groups excluding carboxylic acids is 1. The summed E-state index contributed by atoms with van der Waals surface area (Å²) < 4.78 is 0. The smallest absolute Gasteiger partial charge is 0.252 e. The van der Waals surface area contributed by atoms with Gasteiger partial charge in [-0.15, -0.1) is 0 Å². The van der Waals surface area contributed by atoms with Gasteiger partial charge in [0.25, 0.3) is 5.91 Å². The molecule has 0 unspecified atom stereocenters. The van der Waals surface area contributed by atoms with Crippen molar-refractivity contribution in [1.82, 2.24) is 10.2 Å². The minimum atomic E-state index is -0.0473. The fourth-order valence-corrected chi connectivity index (χ4v) is 2.23. The van der Waals surface area contributed by atoms with Gasteiger partial charge in [0.1, 0.15) is 5.82 Å². The van der Waals surface area contributed by atoms with Crippen molar-refractivity contribution in [3.05, 3.63) is 53.7 Å². The van der Waals surface area contributed by atoms with E-state index in [1.165, 1.54) is 5.56 Å². The summed E-state index contributed by atoms with van der Waals surface area (Å²) in [5, 5.41) is 6.76. The van der Waals surface area contributed by atoms with Gasteiger partial charge in [-0.2, -0.15) is 16.9 Å². The van der Waals surface area contributed by atoms with E-state index in [1.54, 1.807) is 35.0 Å². The van der Waals surface area contributed by atoms with Gasteiger partial charge in [-0.25, -0.2) is 0 Å². The molecule has 0 fully saturated rings. The highest BCUT2D eigenvalue weighted by Gasteiger charge is 2.13. The number of H-pyrrole nitrogens is 1. The zero-order valence-electron chi connectivity index (χ0n) is 12.2. The minimum absolute atomic E-state index is 0.0473. The molecule has 4 nitrogen and oxygen atoms in total. The first-order valence-corrected chi connectivity index (χ1v) is 8.14. The van der Waals surface area contributed by atoms with E-state index >= 15 is 0 Å². The molecule has 1 amide bonds. The number of anilines is 1. The number of thioether (sulfide) groups is 1. The second kappa shape index (κ2) is 7.69. The Morgan fingerprint density at radius 1 is 1.33 bits per heavy atom. The number of aryl methyl sites for hydroxylation is 1. The molecule has 0 saturated carbocycles. The van der Waals surface area contributed by atoms with Crippen LogP contribution in [0.2, 0.25) is 0 Å². The first-order valence-electron chi connectivity index (χ1n) is 6.75. The average molecular weight is 301 g/mol. The Balaban J connectivity index is 2.09. The van der Waals surface area contributed by atoms with Gasteiger partial charge >= 0.3 is 0 Å². The van der Waals surface area contributed by atoms with Gasteiger partial charge in [0.05, 0.1) is 6.20 Å². The number of benzene rings is 1. The van der Waals surface area contributed by atoms with Crippen molar-refractivity contribution in [2.24, 2.45) is 0 Å². The number of aromatic nitrogens is 2. The molecular formula is C16H19N3OS. The summed E-state index contributed by atoms with van der Waals surface area (Å²) >= 11 is 1.71. The molecule has 0 aliphatic carbocycles. The monoisotopic (exact) mass is 301 g/mol. The summed E-state index contributed by atoms with van der Waals surface area (Å²) in [6.45, 7) is 2.70. The summed E-state index contributed by atoms with van der Waals surface area (Å²) in [6.07, 6.45) is 7.12. The largest absolute Gasteiger partial charge is 0.293 e. The van der Waals surface area contributed by atoms with Gasteiger partial charge in [-0.05, 0) is 24.8 Å². The third-order valence-corrected chi connectivity index (χ3v) is 3.65. The Morgan fingerprint density at radius 3 is 2.71 bits per heavy atom. The molecule has 5 heteroatoms. The number of carbonyl (C=O) groups is 1. The molecule has 21 heavy (non-hydrogen) atoms. The van der Waals surface area contributed by atoms with Crippen LogP contribution in [0, 0.1) is 6.92 Å². The van der Waals surface area contributed by atoms with Crippen molar-refractivity contribution in [2.45, 2.75) is 6.92 Å². The van der Waals surface area contributed by atoms with Crippen LogP contribution in [-0.2, 0) is 4.79 Å². The number of nitrogens with zero attached hydrogens (tertiary/aromatic N) is 2. The number of rotatable bonds is 6. The molecule has 1 heterocycles. The number of amides is 1. The Kier molecular flexibility index (Phi) is 5.63. The summed E-state index contributed by atoms with van der Waals surface area (Å²) in [7, 11) is 0. The van der Waals surface area contributed by atoms with E-state index in [-0.39, 0.29) is 5.91 Å². The van der Waals surface area contributed by atoms with Crippen LogP contribution in [0.4, 0.5) is 5.82 Å². The summed E-state index contributed by atoms with van der Waals surface area (Å²) in [4.78, 5) is 14.1. The number of hydrogen-bond acceptors (Lipinski definition) is 3. The molecule has 0 radical (unpaired) electrons. The van der Waals surface area contributed by atoms with E-state index in [0.717, 1.165) is 17.1 Å². The van der Waals surface area contributed by atoms with E-state index in [0.29, 0.717) is 6.54 Å². The molecule has 0 atom stereocenters. The van der Waals surface area contributed by atoms with Crippen LogP contribution >= 0.6 is 11.8 Å². The standard InChI is InChI=1S/C16H19N3OS/c1-13-3-5-14(6-4-13)7-8-16(20)19(11-12-21-2)15-9-10-17-18-15/h3-10H,11-12H2,1-2H3,(H,17,18)/b8-7+. The molecule has 1 N–H and O–H groups in total. The molecular weight excluding hydrogens is 282 g/mol. The van der Waals surface area contributed by atoms with Crippen molar-refractivity contribution >= 4 is 29.6 Å². The van der Waals surface area contributed by atoms with Crippen LogP contribution in [0.5, 0.6) is 0 Å². The van der Waals surface area contributed by atoms with Gasteiger partial charge < -0.3 is 0 Å². The zero-order valence-corrected chi connectivity index (χ0v) is 13.1. The maximum Gasteiger partial charge on any atom is 0.252 e. The second-order valence-electron chi connectivity index (χ2n) is 4.67. The molecule has 0 spiro atoms. The maximum atomic E-state index is 12.4. The van der Waals surface area contributed by atoms with Gasteiger partial charge in [-0.3, -0.25) is 14.8 Å². The molecule has 0 saturated heterocycles. The number of nitrogens with one attached hydrogen (secondary N) is 1. The molecule has 2 aromatic rings. The van der Waals surface area contributed by atoms with E-state index in [1.807, 2.05) is 43.5 Å². The van der Waals surface area contributed by atoms with Crippen LogP contribution < -0.4 is 4.90 Å². The molecule has 110 valence electrons. The fourth-order valence-electron chi connectivity index (χ4n) is 1.87. The first kappa shape index (κ1) is 15.4. The Morgan fingerprint density at radius 2 is 2.10 bits per heavy atom. The molecule has 2 rings (SSSR count). The van der Waals surface area contributed by atoms with Crippen molar-refractivity contribution in [2.75, 3.05) is 23.5 Å². The lowest BCUT2D eigenvalue weighted by Crippen LogP contribution is -2.31. The van der Waals surface area contributed by atoms with E-state index in [2.05, 4.69) is 10.2 Å². The molecule has 0 aliphatic heterocycles. The highest BCUT2D eigenvalue weighted by atomic mass is 32.2. The van der Waals surface area contributed by atoms with Gasteiger partial charge in [0.2, 0.25) is 0 Å². The highest BCUT2D eigenvalue weighted by molar-refractivity contribution is 7.98. The Bertz CT molecular complexity index is 590. The third-order valence-electron chi connectivity index (χ3n) is 3.06. The number of aromatic amines is 1. The summed E-state index contributed by atoms with van der Waals surface area (Å²) in [5.74, 6) is 1.56. The van der Waals surface area contributed by atoms with E-state index in [4.69, 9.17) is 0 Å². The highest BCUT2D eigenvalue weighted by Crippen LogP contribution is 2.12. The molecule has 1 aromatic heterocycles. The Labute approximate surface area is 129 Å². The van der Waals surface area contributed by atoms with Crippen molar-refractivity contribution < 1.29 is 4.79 Å². The quantitative estimate of drug-likeness (QED) is 0.834. The van der Waals surface area contributed by atoms with Gasteiger partial charge in [-0.1, -0.05) is 29.8 Å². The van der Waals surface area contributed by atoms with Crippen LogP contribution in [0.3, 0.4) is 0 Å². The molecule has 1 aromatic carbocycles.